The molecule has 0 spiro atoms. The Morgan fingerprint density at radius 3 is 2.64 bits per heavy atom. The summed E-state index contributed by atoms with van der Waals surface area (Å²) >= 11 is 0. The molecule has 0 radical (unpaired) electrons. The number of likely N-dealkylation sites (N-methyl/N-ethyl adjacent to an activating group) is 1. The number of carbonyl (C=O) groups excluding carboxylic acids is 1. The number of para-hydroxylation sites is 1. The summed E-state index contributed by atoms with van der Waals surface area (Å²) in [5, 5.41) is 0. The SMILES string of the molecule is C[C@H]1CN(C)C(=O)c2ccccc2O[C@@H]1CN(C)S(C)(=O)=O. The third-order valence-electron chi connectivity index (χ3n) is 3.94. The molecular weight excluding hydrogens is 304 g/mol. The number of rotatable bonds is 3. The van der Waals surface area contributed by atoms with E-state index >= 15 is 0 Å². The first-order valence-corrected chi connectivity index (χ1v) is 8.97. The summed E-state index contributed by atoms with van der Waals surface area (Å²) in [5.41, 5.74) is 0.504. The predicted molar refractivity (Wildman–Crippen MR) is 84.5 cm³/mol. The quantitative estimate of drug-likeness (QED) is 0.833. The molecule has 2 atom stereocenters. The highest BCUT2D eigenvalue weighted by Crippen LogP contribution is 2.26. The van der Waals surface area contributed by atoms with E-state index in [2.05, 4.69) is 0 Å². The van der Waals surface area contributed by atoms with Crippen LogP contribution in [0.5, 0.6) is 5.75 Å². The fraction of sp³-hybridized carbons (Fsp3) is 0.533. The van der Waals surface area contributed by atoms with Crippen molar-refractivity contribution in [1.29, 1.82) is 0 Å². The van der Waals surface area contributed by atoms with Crippen molar-refractivity contribution in [2.24, 2.45) is 5.92 Å². The van der Waals surface area contributed by atoms with Crippen LogP contribution in [0, 0.1) is 5.92 Å². The molecule has 1 aliphatic rings. The molecule has 2 rings (SSSR count). The molecule has 1 heterocycles. The first-order chi connectivity index (χ1) is 10.2. The van der Waals surface area contributed by atoms with Crippen LogP contribution in [0.4, 0.5) is 0 Å². The fourth-order valence-corrected chi connectivity index (χ4v) is 2.89. The van der Waals surface area contributed by atoms with Crippen molar-refractivity contribution in [3.63, 3.8) is 0 Å². The maximum atomic E-state index is 12.4. The van der Waals surface area contributed by atoms with E-state index in [9.17, 15) is 13.2 Å². The van der Waals surface area contributed by atoms with Crippen LogP contribution >= 0.6 is 0 Å². The molecule has 0 aromatic heterocycles. The summed E-state index contributed by atoms with van der Waals surface area (Å²) < 4.78 is 30.5. The highest BCUT2D eigenvalue weighted by molar-refractivity contribution is 7.88. The Bertz CT molecular complexity index is 659. The molecule has 6 nitrogen and oxygen atoms in total. The monoisotopic (exact) mass is 326 g/mol. The van der Waals surface area contributed by atoms with Crippen molar-refractivity contribution in [2.45, 2.75) is 13.0 Å². The van der Waals surface area contributed by atoms with Gasteiger partial charge in [0.1, 0.15) is 11.9 Å². The molecule has 0 saturated heterocycles. The van der Waals surface area contributed by atoms with Crippen molar-refractivity contribution in [3.8, 4) is 5.75 Å². The minimum atomic E-state index is -3.28. The number of amides is 1. The molecule has 1 aromatic rings. The van der Waals surface area contributed by atoms with E-state index in [0.717, 1.165) is 0 Å². The van der Waals surface area contributed by atoms with Gasteiger partial charge in [-0.3, -0.25) is 4.79 Å². The molecule has 0 bridgehead atoms. The van der Waals surface area contributed by atoms with E-state index in [1.165, 1.54) is 17.6 Å². The van der Waals surface area contributed by atoms with Gasteiger partial charge in [-0.1, -0.05) is 19.1 Å². The molecule has 0 N–H and O–H groups in total. The predicted octanol–water partition coefficient (Wildman–Crippen LogP) is 1.05. The van der Waals surface area contributed by atoms with Crippen molar-refractivity contribution >= 4 is 15.9 Å². The molecule has 0 unspecified atom stereocenters. The third-order valence-corrected chi connectivity index (χ3v) is 5.22. The summed E-state index contributed by atoms with van der Waals surface area (Å²) in [6.45, 7) is 2.71. The zero-order valence-corrected chi connectivity index (χ0v) is 14.1. The number of fused-ring (bicyclic) bond motifs is 1. The average Bonchev–Trinajstić information content (AvgIpc) is 2.44. The first kappa shape index (κ1) is 16.8. The van der Waals surface area contributed by atoms with E-state index in [1.807, 2.05) is 6.92 Å². The van der Waals surface area contributed by atoms with Crippen LogP contribution in [-0.4, -0.2) is 63.1 Å². The van der Waals surface area contributed by atoms with Gasteiger partial charge in [0, 0.05) is 26.6 Å². The standard InChI is InChI=1S/C15H22N2O4S/c1-11-9-16(2)15(18)12-7-5-6-8-13(12)21-14(11)10-17(3)22(4,19)20/h5-8,11,14H,9-10H2,1-4H3/t11-,14+/m0/s1. The second-order valence-electron chi connectivity index (χ2n) is 5.86. The summed E-state index contributed by atoms with van der Waals surface area (Å²) in [7, 11) is 0.00545. The molecular formula is C15H22N2O4S. The largest absolute Gasteiger partial charge is 0.488 e. The summed E-state index contributed by atoms with van der Waals surface area (Å²) in [4.78, 5) is 14.0. The van der Waals surface area contributed by atoms with Crippen molar-refractivity contribution < 1.29 is 17.9 Å². The molecule has 22 heavy (non-hydrogen) atoms. The van der Waals surface area contributed by atoms with Gasteiger partial charge in [0.2, 0.25) is 10.0 Å². The van der Waals surface area contributed by atoms with Gasteiger partial charge in [0.05, 0.1) is 18.4 Å². The van der Waals surface area contributed by atoms with E-state index < -0.39 is 10.0 Å². The molecule has 122 valence electrons. The summed E-state index contributed by atoms with van der Waals surface area (Å²) in [6, 6.07) is 7.06. The van der Waals surface area contributed by atoms with Gasteiger partial charge in [-0.05, 0) is 12.1 Å². The minimum Gasteiger partial charge on any atom is -0.488 e. The fourth-order valence-electron chi connectivity index (χ4n) is 2.47. The van der Waals surface area contributed by atoms with E-state index in [1.54, 1.807) is 36.2 Å². The maximum absolute atomic E-state index is 12.4. The Hall–Kier alpha value is -1.60. The van der Waals surface area contributed by atoms with Crippen LogP contribution in [0.25, 0.3) is 0 Å². The van der Waals surface area contributed by atoms with E-state index in [0.29, 0.717) is 17.9 Å². The number of benzene rings is 1. The van der Waals surface area contributed by atoms with Crippen LogP contribution in [-0.2, 0) is 10.0 Å². The van der Waals surface area contributed by atoms with Crippen LogP contribution in [0.2, 0.25) is 0 Å². The molecule has 0 aliphatic carbocycles. The van der Waals surface area contributed by atoms with E-state index in [4.69, 9.17) is 4.74 Å². The average molecular weight is 326 g/mol. The topological polar surface area (TPSA) is 66.9 Å². The van der Waals surface area contributed by atoms with Gasteiger partial charge in [-0.25, -0.2) is 12.7 Å². The highest BCUT2D eigenvalue weighted by Gasteiger charge is 2.30. The lowest BCUT2D eigenvalue weighted by Gasteiger charge is -2.34. The summed E-state index contributed by atoms with van der Waals surface area (Å²) in [5.74, 6) is 0.418. The van der Waals surface area contributed by atoms with Gasteiger partial charge < -0.3 is 9.64 Å². The van der Waals surface area contributed by atoms with Crippen molar-refractivity contribution in [3.05, 3.63) is 29.8 Å². The number of hydrogen-bond donors (Lipinski definition) is 0. The van der Waals surface area contributed by atoms with Gasteiger partial charge in [-0.2, -0.15) is 0 Å². The third kappa shape index (κ3) is 3.59. The van der Waals surface area contributed by atoms with Crippen molar-refractivity contribution in [2.75, 3.05) is 33.4 Å². The number of nitrogens with zero attached hydrogens (tertiary/aromatic N) is 2. The zero-order chi connectivity index (χ0) is 16.5. The Balaban J connectivity index is 2.33. The summed E-state index contributed by atoms with van der Waals surface area (Å²) in [6.07, 6.45) is 0.848. The molecule has 7 heteroatoms. The maximum Gasteiger partial charge on any atom is 0.257 e. The number of ether oxygens (including phenoxy) is 1. The minimum absolute atomic E-state index is 0.00602. The first-order valence-electron chi connectivity index (χ1n) is 7.12. The lowest BCUT2D eigenvalue weighted by Crippen LogP contribution is -2.46. The van der Waals surface area contributed by atoms with E-state index in [-0.39, 0.29) is 24.5 Å². The van der Waals surface area contributed by atoms with Gasteiger partial charge >= 0.3 is 0 Å². The van der Waals surface area contributed by atoms with Crippen LogP contribution in [0.15, 0.2) is 24.3 Å². The number of sulfonamides is 1. The molecule has 1 aliphatic heterocycles. The van der Waals surface area contributed by atoms with Gasteiger partial charge in [0.25, 0.3) is 5.91 Å². The second-order valence-corrected chi connectivity index (χ2v) is 7.95. The Morgan fingerprint density at radius 1 is 1.36 bits per heavy atom. The van der Waals surface area contributed by atoms with Crippen LogP contribution < -0.4 is 4.74 Å². The Morgan fingerprint density at radius 2 is 2.00 bits per heavy atom. The molecule has 1 aromatic carbocycles. The van der Waals surface area contributed by atoms with Gasteiger partial charge in [0.15, 0.2) is 0 Å². The molecule has 0 saturated carbocycles. The van der Waals surface area contributed by atoms with Gasteiger partial charge in [-0.15, -0.1) is 0 Å². The highest BCUT2D eigenvalue weighted by atomic mass is 32.2. The zero-order valence-electron chi connectivity index (χ0n) is 13.3. The second kappa shape index (κ2) is 6.26. The van der Waals surface area contributed by atoms with Crippen molar-refractivity contribution in [1.82, 2.24) is 9.21 Å². The van der Waals surface area contributed by atoms with Crippen LogP contribution in [0.1, 0.15) is 17.3 Å². The lowest BCUT2D eigenvalue weighted by molar-refractivity contribution is 0.0605. The molecule has 0 fully saturated rings. The smallest absolute Gasteiger partial charge is 0.257 e. The van der Waals surface area contributed by atoms with Crippen LogP contribution in [0.3, 0.4) is 0 Å². The Kier molecular flexibility index (Phi) is 4.77. The number of carbonyl (C=O) groups is 1. The number of hydrogen-bond acceptors (Lipinski definition) is 4. The Labute approximate surface area is 131 Å². The normalized spacial score (nSPS) is 22.8. The molecule has 1 amide bonds. The lowest BCUT2D eigenvalue weighted by atomic mass is 10.0.